The first-order chi connectivity index (χ1) is 14.0. The van der Waals surface area contributed by atoms with Gasteiger partial charge in [-0.2, -0.15) is 0 Å². The topological polar surface area (TPSA) is 68.3 Å². The summed E-state index contributed by atoms with van der Waals surface area (Å²) in [7, 11) is 3.79. The van der Waals surface area contributed by atoms with E-state index in [2.05, 4.69) is 21.9 Å². The number of nitrogens with one attached hydrogen (secondary N) is 2. The van der Waals surface area contributed by atoms with Gasteiger partial charge in [-0.1, -0.05) is 41.7 Å². The van der Waals surface area contributed by atoms with Crippen molar-refractivity contribution < 1.29 is 0 Å². The second-order valence-electron chi connectivity index (χ2n) is 6.53. The summed E-state index contributed by atoms with van der Waals surface area (Å²) in [5.74, 6) is 0. The number of thiocarbonyl (C=S) groups is 1. The van der Waals surface area contributed by atoms with Crippen LogP contribution in [-0.2, 0) is 14.1 Å². The van der Waals surface area contributed by atoms with Crippen LogP contribution in [0, 0.1) is 6.92 Å². The van der Waals surface area contributed by atoms with Crippen molar-refractivity contribution in [1.29, 1.82) is 0 Å². The lowest BCUT2D eigenvalue weighted by Gasteiger charge is -2.07. The number of aromatic nitrogens is 3. The van der Waals surface area contributed by atoms with Crippen LogP contribution in [0.4, 0.5) is 5.69 Å². The molecule has 2 aromatic heterocycles. The monoisotopic (exact) mass is 424 g/mol. The van der Waals surface area contributed by atoms with Crippen LogP contribution < -0.4 is 21.1 Å². The van der Waals surface area contributed by atoms with Crippen molar-refractivity contribution in [3.63, 3.8) is 0 Å². The summed E-state index contributed by atoms with van der Waals surface area (Å²) in [5, 5.41) is 7.66. The number of hydrogen-bond donors (Lipinski definition) is 2. The molecule has 9 heteroatoms. The number of benzene rings is 2. The fraction of sp³-hybridized carbons (Fsp3) is 0.150. The van der Waals surface area contributed by atoms with E-state index in [0.29, 0.717) is 5.69 Å². The molecule has 4 aromatic rings. The largest absolute Gasteiger partial charge is 0.325 e. The summed E-state index contributed by atoms with van der Waals surface area (Å²) in [4.78, 5) is 13.7. The van der Waals surface area contributed by atoms with Gasteiger partial charge in [0.1, 0.15) is 5.69 Å². The lowest BCUT2D eigenvalue weighted by atomic mass is 10.3. The Kier molecular flexibility index (Phi) is 5.08. The van der Waals surface area contributed by atoms with Gasteiger partial charge in [0.25, 0.3) is 5.56 Å². The summed E-state index contributed by atoms with van der Waals surface area (Å²) in [6.07, 6.45) is 0. The van der Waals surface area contributed by atoms with Gasteiger partial charge < -0.3 is 9.88 Å². The Morgan fingerprint density at radius 1 is 1.07 bits per heavy atom. The molecule has 0 spiro atoms. The lowest BCUT2D eigenvalue weighted by molar-refractivity contribution is 0.630. The molecule has 2 aromatic carbocycles. The quantitative estimate of drug-likeness (QED) is 0.392. The highest BCUT2D eigenvalue weighted by molar-refractivity contribution is 7.80. The molecule has 148 valence electrons. The third kappa shape index (κ3) is 3.50. The van der Waals surface area contributed by atoms with Crippen LogP contribution in [0.1, 0.15) is 5.69 Å². The van der Waals surface area contributed by atoms with Gasteiger partial charge in [0.05, 0.1) is 21.6 Å². The molecule has 0 atom stereocenters. The summed E-state index contributed by atoms with van der Waals surface area (Å²) in [6, 6.07) is 17.6. The smallest absolute Gasteiger partial charge is 0.295 e. The van der Waals surface area contributed by atoms with Crippen LogP contribution in [0.25, 0.3) is 15.9 Å². The van der Waals surface area contributed by atoms with Crippen LogP contribution >= 0.6 is 23.6 Å². The first-order valence-corrected chi connectivity index (χ1v) is 10.2. The van der Waals surface area contributed by atoms with Crippen molar-refractivity contribution in [3.05, 3.63) is 75.4 Å². The first-order valence-electron chi connectivity index (χ1n) is 8.96. The molecule has 2 N–H and O–H groups in total. The van der Waals surface area contributed by atoms with Crippen LogP contribution in [0.5, 0.6) is 0 Å². The average molecular weight is 425 g/mol. The number of para-hydroxylation sites is 2. The van der Waals surface area contributed by atoms with E-state index in [1.807, 2.05) is 74.1 Å². The van der Waals surface area contributed by atoms with Crippen molar-refractivity contribution in [2.45, 2.75) is 6.92 Å². The highest BCUT2D eigenvalue weighted by atomic mass is 32.1. The molecule has 0 radical (unpaired) electrons. The Labute approximate surface area is 176 Å². The van der Waals surface area contributed by atoms with Gasteiger partial charge in [-0.25, -0.2) is 4.68 Å². The maximum absolute atomic E-state index is 13.0. The molecule has 0 amide bonds. The predicted molar refractivity (Wildman–Crippen MR) is 121 cm³/mol. The number of nitrogens with zero attached hydrogens (tertiary/aromatic N) is 4. The fourth-order valence-corrected chi connectivity index (χ4v) is 4.27. The molecular weight excluding hydrogens is 404 g/mol. The number of thiazole rings is 1. The zero-order chi connectivity index (χ0) is 20.5. The highest BCUT2D eigenvalue weighted by Crippen LogP contribution is 2.15. The van der Waals surface area contributed by atoms with Crippen LogP contribution in [0.3, 0.4) is 0 Å². The Balaban J connectivity index is 1.61. The summed E-state index contributed by atoms with van der Waals surface area (Å²) >= 11 is 6.93. The Morgan fingerprint density at radius 2 is 1.76 bits per heavy atom. The number of fused-ring (bicyclic) bond motifs is 1. The minimum Gasteiger partial charge on any atom is -0.325 e. The Hall–Kier alpha value is -3.17. The molecule has 0 aliphatic heterocycles. The van der Waals surface area contributed by atoms with Gasteiger partial charge in [0, 0.05) is 14.1 Å². The average Bonchev–Trinajstić information content (AvgIpc) is 3.16. The Morgan fingerprint density at radius 3 is 2.48 bits per heavy atom. The molecular formula is C20H20N6OS2. The zero-order valence-electron chi connectivity index (χ0n) is 16.2. The molecule has 0 unspecified atom stereocenters. The van der Waals surface area contributed by atoms with Gasteiger partial charge in [-0.05, 0) is 43.4 Å². The van der Waals surface area contributed by atoms with Crippen molar-refractivity contribution in [3.8, 4) is 5.69 Å². The molecule has 7 nitrogen and oxygen atoms in total. The molecule has 0 saturated heterocycles. The van der Waals surface area contributed by atoms with Crippen molar-refractivity contribution in [1.82, 2.24) is 19.4 Å². The molecule has 0 saturated carbocycles. The second kappa shape index (κ2) is 7.69. The van der Waals surface area contributed by atoms with Gasteiger partial charge in [0.15, 0.2) is 5.11 Å². The van der Waals surface area contributed by atoms with E-state index in [-0.39, 0.29) is 10.7 Å². The molecule has 0 aliphatic carbocycles. The van der Waals surface area contributed by atoms with Gasteiger partial charge in [-0.3, -0.25) is 14.9 Å². The number of aryl methyl sites for hydroxylation is 1. The summed E-state index contributed by atoms with van der Waals surface area (Å²) < 4.78 is 6.53. The van der Waals surface area contributed by atoms with E-state index in [1.165, 1.54) is 0 Å². The number of hydrogen-bond acceptors (Lipinski definition) is 4. The van der Waals surface area contributed by atoms with Crippen molar-refractivity contribution in [2.75, 3.05) is 5.32 Å². The van der Waals surface area contributed by atoms with Crippen LogP contribution in [-0.4, -0.2) is 19.0 Å². The Bertz CT molecular complexity index is 1330. The second-order valence-corrected chi connectivity index (χ2v) is 7.94. The van der Waals surface area contributed by atoms with Crippen molar-refractivity contribution >= 4 is 44.6 Å². The van der Waals surface area contributed by atoms with Gasteiger partial charge in [0.2, 0.25) is 4.80 Å². The van der Waals surface area contributed by atoms with E-state index >= 15 is 0 Å². The van der Waals surface area contributed by atoms with E-state index in [9.17, 15) is 4.79 Å². The van der Waals surface area contributed by atoms with Crippen LogP contribution in [0.2, 0.25) is 0 Å². The maximum atomic E-state index is 13.0. The maximum Gasteiger partial charge on any atom is 0.295 e. The molecule has 0 aliphatic rings. The fourth-order valence-electron chi connectivity index (χ4n) is 3.14. The first kappa shape index (κ1) is 19.2. The molecule has 2 heterocycles. The minimum absolute atomic E-state index is 0.173. The third-order valence-corrected chi connectivity index (χ3v) is 6.07. The SMILES string of the molecule is Cc1c(NC(=S)NN=c2sc3ccccc3n2C)c(=O)n(-c2ccccc2)n1C. The standard InChI is InChI=1S/C20H20N6OS2/c1-13-17(18(27)26(25(13)3)14-9-5-4-6-10-14)21-19(28)22-23-20-24(2)15-11-7-8-12-16(15)29-20/h4-12H,1-3H3,(H2,21,22,28). The van der Waals surface area contributed by atoms with E-state index < -0.39 is 0 Å². The molecule has 0 fully saturated rings. The number of rotatable bonds is 3. The summed E-state index contributed by atoms with van der Waals surface area (Å²) in [6.45, 7) is 1.87. The minimum atomic E-state index is -0.173. The van der Waals surface area contributed by atoms with E-state index in [1.54, 1.807) is 20.7 Å². The molecule has 29 heavy (non-hydrogen) atoms. The molecule has 0 bridgehead atoms. The zero-order valence-corrected chi connectivity index (χ0v) is 17.8. The van der Waals surface area contributed by atoms with Gasteiger partial charge >= 0.3 is 0 Å². The lowest BCUT2D eigenvalue weighted by Crippen LogP contribution is -2.30. The molecule has 4 rings (SSSR count). The number of anilines is 1. The van der Waals surface area contributed by atoms with E-state index in [4.69, 9.17) is 12.2 Å². The highest BCUT2D eigenvalue weighted by Gasteiger charge is 2.16. The summed E-state index contributed by atoms with van der Waals surface area (Å²) in [5.41, 5.74) is 5.76. The predicted octanol–water partition coefficient (Wildman–Crippen LogP) is 2.84. The van der Waals surface area contributed by atoms with Crippen molar-refractivity contribution in [2.24, 2.45) is 19.2 Å². The van der Waals surface area contributed by atoms with Gasteiger partial charge in [-0.15, -0.1) is 5.10 Å². The van der Waals surface area contributed by atoms with E-state index in [0.717, 1.165) is 26.4 Å². The normalized spacial score (nSPS) is 11.8. The van der Waals surface area contributed by atoms with Crippen LogP contribution in [0.15, 0.2) is 64.5 Å². The third-order valence-electron chi connectivity index (χ3n) is 4.76.